The zero-order valence-electron chi connectivity index (χ0n) is 20.8. The minimum absolute atomic E-state index is 0.945. The van der Waals surface area contributed by atoms with E-state index in [2.05, 4.69) is 34.7 Å². The van der Waals surface area contributed by atoms with Crippen LogP contribution in [0.4, 0.5) is 0 Å². The van der Waals surface area contributed by atoms with Crippen LogP contribution in [0, 0.1) is 29.6 Å². The molecular weight excluding hydrogens is 350 g/mol. The van der Waals surface area contributed by atoms with Crippen LogP contribution < -0.4 is 0 Å². The van der Waals surface area contributed by atoms with Gasteiger partial charge < -0.3 is 4.48 Å². The zero-order valence-corrected chi connectivity index (χ0v) is 20.8. The van der Waals surface area contributed by atoms with E-state index in [-0.39, 0.29) is 0 Å². The molecule has 0 aromatic rings. The summed E-state index contributed by atoms with van der Waals surface area (Å²) in [6.07, 6.45) is 22.5. The highest BCUT2D eigenvalue weighted by atomic mass is 15.4. The van der Waals surface area contributed by atoms with Crippen LogP contribution in [0.15, 0.2) is 0 Å². The summed E-state index contributed by atoms with van der Waals surface area (Å²) in [5, 5.41) is 0. The fourth-order valence-corrected chi connectivity index (χ4v) is 7.87. The summed E-state index contributed by atoms with van der Waals surface area (Å²) < 4.78 is 1.41. The number of quaternary nitrogens is 1. The van der Waals surface area contributed by atoms with E-state index in [1.54, 1.807) is 6.42 Å². The zero-order chi connectivity index (χ0) is 20.9. The number of nitrogens with zero attached hydrogens (tertiary/aromatic N) is 1. The van der Waals surface area contributed by atoms with Gasteiger partial charge in [-0.3, -0.25) is 0 Å². The Kier molecular flexibility index (Phi) is 8.97. The molecule has 8 atom stereocenters. The Bertz CT molecular complexity index is 473. The molecule has 3 aliphatic rings. The van der Waals surface area contributed by atoms with Crippen molar-refractivity contribution in [2.75, 3.05) is 13.6 Å². The van der Waals surface area contributed by atoms with Crippen LogP contribution >= 0.6 is 0 Å². The Morgan fingerprint density at radius 1 is 0.897 bits per heavy atom. The summed E-state index contributed by atoms with van der Waals surface area (Å²) in [5.74, 6) is 5.05. The third-order valence-electron chi connectivity index (χ3n) is 10.3. The van der Waals surface area contributed by atoms with Gasteiger partial charge in [0.25, 0.3) is 0 Å². The van der Waals surface area contributed by atoms with Gasteiger partial charge in [-0.2, -0.15) is 0 Å². The van der Waals surface area contributed by atoms with Gasteiger partial charge in [0, 0.05) is 5.92 Å². The second kappa shape index (κ2) is 11.0. The summed E-state index contributed by atoms with van der Waals surface area (Å²) in [6, 6.07) is 1.93. The first-order valence-corrected chi connectivity index (χ1v) is 13.8. The molecule has 0 spiro atoms. The van der Waals surface area contributed by atoms with Crippen LogP contribution in [0.5, 0.6) is 0 Å². The van der Waals surface area contributed by atoms with Gasteiger partial charge in [-0.25, -0.2) is 0 Å². The summed E-state index contributed by atoms with van der Waals surface area (Å²) >= 11 is 0. The number of rotatable bonds is 9. The minimum Gasteiger partial charge on any atom is -0.321 e. The molecule has 0 aromatic heterocycles. The number of hydrogen-bond acceptors (Lipinski definition) is 0. The molecule has 170 valence electrons. The van der Waals surface area contributed by atoms with Crippen molar-refractivity contribution in [3.05, 3.63) is 0 Å². The largest absolute Gasteiger partial charge is 0.321 e. The van der Waals surface area contributed by atoms with Crippen molar-refractivity contribution >= 4 is 0 Å². The van der Waals surface area contributed by atoms with E-state index < -0.39 is 0 Å². The van der Waals surface area contributed by atoms with Gasteiger partial charge in [-0.1, -0.05) is 65.7 Å². The Balaban J connectivity index is 1.42. The van der Waals surface area contributed by atoms with Gasteiger partial charge in [-0.15, -0.1) is 0 Å². The highest BCUT2D eigenvalue weighted by Gasteiger charge is 2.48. The molecule has 3 rings (SSSR count). The Morgan fingerprint density at radius 3 is 2.41 bits per heavy atom. The summed E-state index contributed by atoms with van der Waals surface area (Å²) in [6.45, 7) is 11.3. The summed E-state index contributed by atoms with van der Waals surface area (Å²) in [5.41, 5.74) is 0. The first-order chi connectivity index (χ1) is 14.0. The molecule has 1 heterocycles. The van der Waals surface area contributed by atoms with Crippen molar-refractivity contribution in [2.45, 2.75) is 136 Å². The molecule has 1 aliphatic heterocycles. The van der Waals surface area contributed by atoms with Gasteiger partial charge in [0.1, 0.15) is 0 Å². The van der Waals surface area contributed by atoms with Crippen LogP contribution in [0.3, 0.4) is 0 Å². The number of hydrogen-bond donors (Lipinski definition) is 0. The number of likely N-dealkylation sites (tertiary alicyclic amines) is 1. The Labute approximate surface area is 184 Å². The maximum Gasteiger partial charge on any atom is 0.0918 e. The van der Waals surface area contributed by atoms with E-state index in [4.69, 9.17) is 0 Å². The molecule has 2 saturated carbocycles. The van der Waals surface area contributed by atoms with E-state index >= 15 is 0 Å². The molecule has 1 saturated heterocycles. The van der Waals surface area contributed by atoms with E-state index in [1.165, 1.54) is 101 Å². The lowest BCUT2D eigenvalue weighted by atomic mass is 9.69. The predicted molar refractivity (Wildman–Crippen MR) is 128 cm³/mol. The van der Waals surface area contributed by atoms with Crippen LogP contribution in [0.25, 0.3) is 0 Å². The van der Waals surface area contributed by atoms with Crippen molar-refractivity contribution in [3.63, 3.8) is 0 Å². The van der Waals surface area contributed by atoms with Crippen molar-refractivity contribution < 1.29 is 4.48 Å². The van der Waals surface area contributed by atoms with Crippen LogP contribution in [-0.2, 0) is 0 Å². The number of fused-ring (bicyclic) bond motifs is 1. The van der Waals surface area contributed by atoms with Crippen molar-refractivity contribution in [1.29, 1.82) is 0 Å². The molecule has 1 nitrogen and oxygen atoms in total. The van der Waals surface area contributed by atoms with Gasteiger partial charge in [0.15, 0.2) is 0 Å². The first-order valence-electron chi connectivity index (χ1n) is 13.8. The van der Waals surface area contributed by atoms with Crippen molar-refractivity contribution in [2.24, 2.45) is 29.6 Å². The lowest BCUT2D eigenvalue weighted by Gasteiger charge is -2.56. The standard InChI is InChI=1S/C28H54N/c1-6-24-16-20-28-26(21-24)18-19-27(29(28,5)7-2)14-10-11-22(3)15-17-25-13-9-8-12-23(25)4/h22-28H,6-21H2,1-5H3/q+1. The summed E-state index contributed by atoms with van der Waals surface area (Å²) in [4.78, 5) is 0. The maximum absolute atomic E-state index is 2.64. The third kappa shape index (κ3) is 5.81. The van der Waals surface area contributed by atoms with Gasteiger partial charge in [-0.05, 0) is 82.0 Å². The quantitative estimate of drug-likeness (QED) is 0.339. The Hall–Kier alpha value is -0.0400. The average molecular weight is 405 g/mol. The van der Waals surface area contributed by atoms with Crippen LogP contribution in [-0.4, -0.2) is 30.2 Å². The molecule has 2 aliphatic carbocycles. The topological polar surface area (TPSA) is 0 Å². The van der Waals surface area contributed by atoms with Gasteiger partial charge >= 0.3 is 0 Å². The van der Waals surface area contributed by atoms with Gasteiger partial charge in [0.05, 0.1) is 25.7 Å². The molecule has 0 aromatic carbocycles. The minimum atomic E-state index is 0.945. The van der Waals surface area contributed by atoms with Gasteiger partial charge in [0.2, 0.25) is 0 Å². The number of piperidine rings is 1. The average Bonchev–Trinajstić information content (AvgIpc) is 2.74. The van der Waals surface area contributed by atoms with E-state index in [0.717, 1.165) is 41.7 Å². The lowest BCUT2D eigenvalue weighted by molar-refractivity contribution is -0.965. The molecule has 8 unspecified atom stereocenters. The first kappa shape index (κ1) is 23.6. The predicted octanol–water partition coefficient (Wildman–Crippen LogP) is 8.22. The maximum atomic E-state index is 2.64. The van der Waals surface area contributed by atoms with E-state index in [9.17, 15) is 0 Å². The second-order valence-electron chi connectivity index (χ2n) is 11.9. The highest BCUT2D eigenvalue weighted by molar-refractivity contribution is 4.86. The molecule has 29 heavy (non-hydrogen) atoms. The molecule has 0 bridgehead atoms. The monoisotopic (exact) mass is 404 g/mol. The molecular formula is C28H54N+. The summed E-state index contributed by atoms with van der Waals surface area (Å²) in [7, 11) is 2.64. The van der Waals surface area contributed by atoms with Crippen LogP contribution in [0.2, 0.25) is 0 Å². The van der Waals surface area contributed by atoms with Crippen molar-refractivity contribution in [3.8, 4) is 0 Å². The molecule has 0 amide bonds. The normalized spacial score (nSPS) is 41.7. The fraction of sp³-hybridized carbons (Fsp3) is 1.00. The van der Waals surface area contributed by atoms with Crippen LogP contribution in [0.1, 0.15) is 124 Å². The smallest absolute Gasteiger partial charge is 0.0918 e. The third-order valence-corrected chi connectivity index (χ3v) is 10.3. The van der Waals surface area contributed by atoms with E-state index in [0.29, 0.717) is 0 Å². The molecule has 0 N–H and O–H groups in total. The molecule has 3 fully saturated rings. The Morgan fingerprint density at radius 2 is 1.69 bits per heavy atom. The van der Waals surface area contributed by atoms with E-state index in [1.807, 2.05) is 0 Å². The highest BCUT2D eigenvalue weighted by Crippen LogP contribution is 2.45. The lowest BCUT2D eigenvalue weighted by Crippen LogP contribution is -2.64. The molecule has 1 heteroatoms. The van der Waals surface area contributed by atoms with Crippen molar-refractivity contribution in [1.82, 2.24) is 0 Å². The SMILES string of the molecule is CCC1CCC2C(CCC(CCCC(C)CCC3CCCCC3C)[N+]2(C)CC)C1. The second-order valence-corrected chi connectivity index (χ2v) is 11.9. The molecule has 0 radical (unpaired) electrons. The fourth-order valence-electron chi connectivity index (χ4n) is 7.87.